The van der Waals surface area contributed by atoms with Crippen molar-refractivity contribution < 1.29 is 34.4 Å². The molecule has 11 heteroatoms. The first-order chi connectivity index (χ1) is 28.9. The number of carbonyl (C=O) groups excluding carboxylic acids is 5. The first kappa shape index (κ1) is 41.5. The lowest BCUT2D eigenvalue weighted by Crippen LogP contribution is -2.57. The van der Waals surface area contributed by atoms with Crippen LogP contribution in [-0.4, -0.2) is 84.1 Å². The number of hydrogen-bond donors (Lipinski definition) is 2. The summed E-state index contributed by atoms with van der Waals surface area (Å²) in [4.78, 5) is 70.0. The Morgan fingerprint density at radius 3 is 1.40 bits per heavy atom. The van der Waals surface area contributed by atoms with E-state index in [0.29, 0.717) is 31.4 Å². The number of ketones is 1. The van der Waals surface area contributed by atoms with Gasteiger partial charge >= 0.3 is 0 Å². The van der Waals surface area contributed by atoms with Gasteiger partial charge in [0.05, 0.1) is 27.9 Å². The minimum Gasteiger partial charge on any atom is -0.313 e. The Balaban J connectivity index is 1.25. The van der Waals surface area contributed by atoms with Gasteiger partial charge in [0.2, 0.25) is 0 Å². The number of imide groups is 2. The van der Waals surface area contributed by atoms with Gasteiger partial charge in [-0.25, -0.2) is 4.90 Å². The van der Waals surface area contributed by atoms with Gasteiger partial charge < -0.3 is 10.4 Å². The maximum Gasteiger partial charge on any atom is 0.266 e. The normalized spacial score (nSPS) is 20.8. The van der Waals surface area contributed by atoms with E-state index in [-0.39, 0.29) is 33.4 Å². The molecule has 2 saturated heterocycles. The number of benzene rings is 5. The van der Waals surface area contributed by atoms with Gasteiger partial charge in [-0.05, 0) is 156 Å². The van der Waals surface area contributed by atoms with Crippen LogP contribution in [0.2, 0.25) is 0 Å². The van der Waals surface area contributed by atoms with Crippen LogP contribution >= 0.6 is 0 Å². The van der Waals surface area contributed by atoms with Gasteiger partial charge in [0, 0.05) is 40.3 Å². The van der Waals surface area contributed by atoms with Gasteiger partial charge in [0.15, 0.2) is 5.78 Å². The van der Waals surface area contributed by atoms with Crippen molar-refractivity contribution in [3.8, 4) is 0 Å². The highest BCUT2D eigenvalue weighted by atomic mass is 16.5. The summed E-state index contributed by atoms with van der Waals surface area (Å²) in [6.45, 7) is 18.4. The van der Waals surface area contributed by atoms with Gasteiger partial charge in [-0.1, -0.05) is 53.1 Å². The molecule has 0 aliphatic carbocycles. The largest absolute Gasteiger partial charge is 0.313 e. The highest BCUT2D eigenvalue weighted by Crippen LogP contribution is 2.43. The summed E-state index contributed by atoms with van der Waals surface area (Å²) >= 11 is 0. The number of aryl methyl sites for hydroxylation is 1. The summed E-state index contributed by atoms with van der Waals surface area (Å²) in [7, 11) is 1.39. The predicted molar refractivity (Wildman–Crippen MR) is 238 cm³/mol. The Morgan fingerprint density at radius 1 is 0.500 bits per heavy atom. The molecule has 4 aliphatic heterocycles. The van der Waals surface area contributed by atoms with Crippen LogP contribution in [0.4, 0.5) is 5.69 Å². The Kier molecular flexibility index (Phi) is 9.09. The van der Waals surface area contributed by atoms with Gasteiger partial charge in [0.1, 0.15) is 0 Å². The Hall–Kier alpha value is -5.85. The van der Waals surface area contributed by atoms with E-state index >= 15 is 0 Å². The van der Waals surface area contributed by atoms with E-state index in [1.807, 2.05) is 73.6 Å². The smallest absolute Gasteiger partial charge is 0.266 e. The van der Waals surface area contributed by atoms with Crippen LogP contribution in [0.5, 0.6) is 0 Å². The fourth-order valence-electron chi connectivity index (χ4n) is 11.0. The summed E-state index contributed by atoms with van der Waals surface area (Å²) in [5.74, 6) is -2.47. The topological polar surface area (TPSA) is 139 Å². The van der Waals surface area contributed by atoms with Gasteiger partial charge in [-0.2, -0.15) is 10.1 Å². The average molecular weight is 833 g/mol. The number of rotatable bonds is 3. The Labute approximate surface area is 360 Å². The van der Waals surface area contributed by atoms with Crippen LogP contribution in [0.25, 0.3) is 32.7 Å². The molecule has 0 atom stereocenters. The molecule has 5 aromatic carbocycles. The average Bonchev–Trinajstić information content (AvgIpc) is 3.58. The number of nitrogens with zero attached hydrogens (tertiary/aromatic N) is 4. The molecule has 2 fully saturated rings. The van der Waals surface area contributed by atoms with Crippen molar-refractivity contribution in [1.82, 2.24) is 15.0 Å². The second kappa shape index (κ2) is 13.6. The van der Waals surface area contributed by atoms with E-state index in [1.54, 1.807) is 0 Å². The lowest BCUT2D eigenvalue weighted by Gasteiger charge is -2.50. The first-order valence-electron chi connectivity index (χ1n) is 21.2. The van der Waals surface area contributed by atoms with Gasteiger partial charge in [-0.15, -0.1) is 0 Å². The van der Waals surface area contributed by atoms with E-state index in [9.17, 15) is 34.4 Å². The molecule has 4 aliphatic rings. The number of anilines is 1. The van der Waals surface area contributed by atoms with Crippen molar-refractivity contribution in [2.24, 2.45) is 0 Å². The lowest BCUT2D eigenvalue weighted by atomic mass is 9.75. The first-order valence-corrected chi connectivity index (χ1v) is 21.2. The summed E-state index contributed by atoms with van der Waals surface area (Å²) in [6.07, 6.45) is 2.36. The van der Waals surface area contributed by atoms with Crippen LogP contribution in [0.3, 0.4) is 0 Å². The van der Waals surface area contributed by atoms with Crippen molar-refractivity contribution >= 4 is 67.8 Å². The molecule has 0 bridgehead atoms. The number of amides is 4. The van der Waals surface area contributed by atoms with E-state index < -0.39 is 51.6 Å². The molecule has 0 radical (unpaired) electrons. The van der Waals surface area contributed by atoms with Crippen LogP contribution in [0, 0.1) is 6.92 Å². The van der Waals surface area contributed by atoms with Crippen molar-refractivity contribution in [2.75, 3.05) is 11.9 Å². The molecule has 4 heterocycles. The quantitative estimate of drug-likeness (QED) is 0.105. The van der Waals surface area contributed by atoms with Crippen LogP contribution in [0.1, 0.15) is 144 Å². The van der Waals surface area contributed by atoms with E-state index in [2.05, 4.69) is 25.1 Å². The zero-order chi connectivity index (χ0) is 44.7. The fraction of sp³-hybridized carbons (Fsp3) is 0.353. The maximum atomic E-state index is 14.5. The number of hydrogen-bond acceptors (Lipinski definition) is 9. The fourth-order valence-corrected chi connectivity index (χ4v) is 11.0. The molecule has 2 N–H and O–H groups in total. The van der Waals surface area contributed by atoms with Crippen molar-refractivity contribution in [3.05, 3.63) is 122 Å². The molecule has 0 saturated carbocycles. The zero-order valence-electron chi connectivity index (χ0n) is 37.0. The molecular formula is C51H52N4O7. The maximum absolute atomic E-state index is 14.5. The Bertz CT molecular complexity index is 3010. The molecule has 0 spiro atoms. The second-order valence-corrected chi connectivity index (χ2v) is 20.3. The van der Waals surface area contributed by atoms with Crippen LogP contribution < -0.4 is 15.3 Å². The SMILES string of the molecule is Cc1ccc2c(=C3CC(C)(C)N(O)C(C)(C)C3)c3cc(N4C(=O)c5ccc(C(=O)c6ccc7c(c6)C(=O)N(C)C7=O)cc5C4=O)ccc3c(=C3CC(C)(C)N(O)C(C)(C)C3)c2c1. The minimum atomic E-state index is -0.603. The third kappa shape index (κ3) is 6.12. The highest BCUT2D eigenvalue weighted by Gasteiger charge is 2.45. The third-order valence-electron chi connectivity index (χ3n) is 13.6. The standard InChI is InChI=1S/C51H52N4O7/c1-27-11-15-33-37(19-27)41(30-23-48(2,3)54(61)49(4,5)24-30)34-18-14-32(22-38(34)42(33)31-25-50(6,7)55(62)51(8,9)26-31)53-46(59)36-17-13-29(21-40(36)47(53)60)43(56)28-12-16-35-39(20-28)45(58)52(10)44(35)57/h11-22,61-62H,23-26H2,1-10H3. The summed E-state index contributed by atoms with van der Waals surface area (Å²) in [5.41, 5.74) is 2.46. The van der Waals surface area contributed by atoms with Crippen LogP contribution in [0.15, 0.2) is 72.8 Å². The van der Waals surface area contributed by atoms with Crippen molar-refractivity contribution in [1.29, 1.82) is 0 Å². The molecule has 5 aromatic rings. The summed E-state index contributed by atoms with van der Waals surface area (Å²) in [5, 5.41) is 31.8. The minimum absolute atomic E-state index is 0.0898. The van der Waals surface area contributed by atoms with E-state index in [4.69, 9.17) is 0 Å². The van der Waals surface area contributed by atoms with Crippen molar-refractivity contribution in [2.45, 2.75) is 110 Å². The molecular weight excluding hydrogens is 781 g/mol. The van der Waals surface area contributed by atoms with Gasteiger partial charge in [0.25, 0.3) is 23.6 Å². The number of piperidine rings is 2. The Morgan fingerprint density at radius 2 is 0.903 bits per heavy atom. The van der Waals surface area contributed by atoms with Crippen molar-refractivity contribution in [3.63, 3.8) is 0 Å². The highest BCUT2D eigenvalue weighted by molar-refractivity contribution is 6.35. The monoisotopic (exact) mass is 832 g/mol. The van der Waals surface area contributed by atoms with Gasteiger partial charge in [-0.3, -0.25) is 28.9 Å². The summed E-state index contributed by atoms with van der Waals surface area (Å²) in [6, 6.07) is 21.1. The van der Waals surface area contributed by atoms with Crippen LogP contribution in [-0.2, 0) is 0 Å². The molecule has 0 unspecified atom stereocenters. The molecule has 11 nitrogen and oxygen atoms in total. The molecule has 4 amide bonds. The molecule has 9 rings (SSSR count). The number of carbonyl (C=O) groups is 5. The number of hydroxylamine groups is 4. The summed E-state index contributed by atoms with van der Waals surface area (Å²) < 4.78 is 0. The number of fused-ring (bicyclic) bond motifs is 4. The third-order valence-corrected chi connectivity index (χ3v) is 13.6. The molecule has 0 aromatic heterocycles. The lowest BCUT2D eigenvalue weighted by molar-refractivity contribution is -0.228. The predicted octanol–water partition coefficient (Wildman–Crippen LogP) is 7.94. The molecule has 318 valence electrons. The zero-order valence-corrected chi connectivity index (χ0v) is 37.0. The van der Waals surface area contributed by atoms with E-state index in [1.165, 1.54) is 64.0 Å². The second-order valence-electron chi connectivity index (χ2n) is 20.3. The molecule has 62 heavy (non-hydrogen) atoms. The van der Waals surface area contributed by atoms with E-state index in [0.717, 1.165) is 48.0 Å².